The molecular formula is C35H65NO3. The first-order chi connectivity index (χ1) is 19.2. The third-order valence-electron chi connectivity index (χ3n) is 7.37. The highest BCUT2D eigenvalue weighted by Crippen LogP contribution is 2.12. The summed E-state index contributed by atoms with van der Waals surface area (Å²) in [6.45, 7) is 4.24. The standard InChI is InChI=1S/C35H65NO3/c1-3-5-7-9-11-13-15-16-17-18-19-20-21-23-25-27-29-31-35(39)36-33(32-37)34(38)30-28-26-24-22-14-12-10-8-6-4-2/h11,13,16-17,28,30,33-34,37-38H,3-10,12,14-15,18-27,29,31-32H2,1-2H3,(H,36,39)/b13-11-,17-16-,30-28+. The maximum atomic E-state index is 12.3. The zero-order valence-electron chi connectivity index (χ0n) is 25.9. The number of carbonyl (C=O) groups is 1. The van der Waals surface area contributed by atoms with Crippen LogP contribution in [0.5, 0.6) is 0 Å². The molecule has 0 spiro atoms. The summed E-state index contributed by atoms with van der Waals surface area (Å²) in [5.74, 6) is -0.0767. The fourth-order valence-electron chi connectivity index (χ4n) is 4.73. The molecule has 2 atom stereocenters. The van der Waals surface area contributed by atoms with E-state index in [1.54, 1.807) is 6.08 Å². The molecule has 0 aromatic rings. The van der Waals surface area contributed by atoms with Gasteiger partial charge in [-0.25, -0.2) is 0 Å². The Hall–Kier alpha value is -1.39. The molecule has 0 heterocycles. The van der Waals surface area contributed by atoms with Crippen molar-refractivity contribution in [2.75, 3.05) is 6.61 Å². The van der Waals surface area contributed by atoms with Crippen LogP contribution in [0.4, 0.5) is 0 Å². The fraction of sp³-hybridized carbons (Fsp3) is 0.800. The Morgan fingerprint density at radius 1 is 0.615 bits per heavy atom. The quantitative estimate of drug-likeness (QED) is 0.0645. The summed E-state index contributed by atoms with van der Waals surface area (Å²) in [6, 6.07) is -0.622. The molecular weight excluding hydrogens is 482 g/mol. The van der Waals surface area contributed by atoms with Gasteiger partial charge < -0.3 is 15.5 Å². The van der Waals surface area contributed by atoms with Gasteiger partial charge in [-0.15, -0.1) is 0 Å². The second-order valence-corrected chi connectivity index (χ2v) is 11.2. The molecule has 228 valence electrons. The lowest BCUT2D eigenvalue weighted by Crippen LogP contribution is -2.45. The summed E-state index contributed by atoms with van der Waals surface area (Å²) in [6.07, 6.45) is 39.3. The van der Waals surface area contributed by atoms with Crippen LogP contribution in [0.2, 0.25) is 0 Å². The minimum atomic E-state index is -0.838. The molecule has 0 aromatic carbocycles. The molecule has 0 aromatic heterocycles. The SMILES string of the molecule is CCCCC/C=C\C/C=C\CCCCCCCCCC(=O)NC(CO)C(O)/C=C/CCCCCCCCCC. The molecule has 2 unspecified atom stereocenters. The number of aliphatic hydroxyl groups is 2. The van der Waals surface area contributed by atoms with Crippen molar-refractivity contribution in [1.29, 1.82) is 0 Å². The fourth-order valence-corrected chi connectivity index (χ4v) is 4.73. The normalized spacial score (nSPS) is 13.6. The molecule has 0 radical (unpaired) electrons. The van der Waals surface area contributed by atoms with Crippen molar-refractivity contribution in [3.63, 3.8) is 0 Å². The van der Waals surface area contributed by atoms with Crippen molar-refractivity contribution >= 4 is 5.91 Å². The second-order valence-electron chi connectivity index (χ2n) is 11.2. The van der Waals surface area contributed by atoms with E-state index < -0.39 is 12.1 Å². The molecule has 4 heteroatoms. The van der Waals surface area contributed by atoms with Crippen LogP contribution < -0.4 is 5.32 Å². The Labute approximate surface area is 242 Å². The maximum Gasteiger partial charge on any atom is 0.220 e. The van der Waals surface area contributed by atoms with E-state index in [9.17, 15) is 15.0 Å². The number of allylic oxidation sites excluding steroid dienone is 5. The predicted octanol–water partition coefficient (Wildman–Crippen LogP) is 9.51. The van der Waals surface area contributed by atoms with E-state index in [1.165, 1.54) is 109 Å². The lowest BCUT2D eigenvalue weighted by molar-refractivity contribution is -0.123. The topological polar surface area (TPSA) is 69.6 Å². The number of nitrogens with one attached hydrogen (secondary N) is 1. The molecule has 1 amide bonds. The summed E-state index contributed by atoms with van der Waals surface area (Å²) in [7, 11) is 0. The van der Waals surface area contributed by atoms with Gasteiger partial charge in [-0.3, -0.25) is 4.79 Å². The van der Waals surface area contributed by atoms with Crippen LogP contribution in [0.15, 0.2) is 36.5 Å². The van der Waals surface area contributed by atoms with Crippen LogP contribution in [0, 0.1) is 0 Å². The Morgan fingerprint density at radius 3 is 1.59 bits per heavy atom. The molecule has 4 nitrogen and oxygen atoms in total. The van der Waals surface area contributed by atoms with Crippen LogP contribution in [-0.4, -0.2) is 34.9 Å². The zero-order valence-corrected chi connectivity index (χ0v) is 25.9. The number of unbranched alkanes of at least 4 members (excludes halogenated alkanes) is 18. The van der Waals surface area contributed by atoms with Crippen LogP contribution >= 0.6 is 0 Å². The highest BCUT2D eigenvalue weighted by molar-refractivity contribution is 5.76. The van der Waals surface area contributed by atoms with Gasteiger partial charge in [0, 0.05) is 6.42 Å². The third-order valence-corrected chi connectivity index (χ3v) is 7.37. The van der Waals surface area contributed by atoms with E-state index in [0.717, 1.165) is 32.1 Å². The number of carbonyl (C=O) groups excluding carboxylic acids is 1. The zero-order chi connectivity index (χ0) is 28.7. The summed E-state index contributed by atoms with van der Waals surface area (Å²) < 4.78 is 0. The summed E-state index contributed by atoms with van der Waals surface area (Å²) in [4.78, 5) is 12.3. The summed E-state index contributed by atoms with van der Waals surface area (Å²) >= 11 is 0. The van der Waals surface area contributed by atoms with Gasteiger partial charge in [0.25, 0.3) is 0 Å². The van der Waals surface area contributed by atoms with Gasteiger partial charge in [0.05, 0.1) is 18.8 Å². The van der Waals surface area contributed by atoms with Crippen molar-refractivity contribution in [2.45, 2.75) is 174 Å². The second kappa shape index (κ2) is 31.1. The number of aliphatic hydroxyl groups excluding tert-OH is 2. The van der Waals surface area contributed by atoms with Gasteiger partial charge in [-0.1, -0.05) is 140 Å². The van der Waals surface area contributed by atoms with Crippen molar-refractivity contribution in [1.82, 2.24) is 5.32 Å². The molecule has 0 aliphatic heterocycles. The van der Waals surface area contributed by atoms with Crippen molar-refractivity contribution in [3.8, 4) is 0 Å². The van der Waals surface area contributed by atoms with E-state index in [2.05, 4.69) is 43.5 Å². The predicted molar refractivity (Wildman–Crippen MR) is 170 cm³/mol. The van der Waals surface area contributed by atoms with Crippen molar-refractivity contribution < 1.29 is 15.0 Å². The molecule has 0 bridgehead atoms. The smallest absolute Gasteiger partial charge is 0.220 e. The van der Waals surface area contributed by atoms with Crippen LogP contribution in [0.1, 0.15) is 162 Å². The number of hydrogen-bond donors (Lipinski definition) is 3. The van der Waals surface area contributed by atoms with Gasteiger partial charge >= 0.3 is 0 Å². The first kappa shape index (κ1) is 37.6. The maximum absolute atomic E-state index is 12.3. The van der Waals surface area contributed by atoms with E-state index in [0.29, 0.717) is 6.42 Å². The molecule has 0 rings (SSSR count). The first-order valence-corrected chi connectivity index (χ1v) is 16.7. The molecule has 0 aliphatic rings. The van der Waals surface area contributed by atoms with E-state index in [1.807, 2.05) is 6.08 Å². The average molecular weight is 548 g/mol. The molecule has 0 fully saturated rings. The first-order valence-electron chi connectivity index (χ1n) is 16.7. The van der Waals surface area contributed by atoms with E-state index in [4.69, 9.17) is 0 Å². The van der Waals surface area contributed by atoms with Crippen LogP contribution in [0.3, 0.4) is 0 Å². The number of amides is 1. The Kier molecular flexibility index (Phi) is 30.0. The Morgan fingerprint density at radius 2 is 1.05 bits per heavy atom. The highest BCUT2D eigenvalue weighted by atomic mass is 16.3. The van der Waals surface area contributed by atoms with Gasteiger partial charge in [0.2, 0.25) is 5.91 Å². The molecule has 39 heavy (non-hydrogen) atoms. The average Bonchev–Trinajstić information content (AvgIpc) is 2.94. The van der Waals surface area contributed by atoms with Crippen molar-refractivity contribution in [3.05, 3.63) is 36.5 Å². The largest absolute Gasteiger partial charge is 0.394 e. The van der Waals surface area contributed by atoms with Gasteiger partial charge in [-0.05, 0) is 51.4 Å². The van der Waals surface area contributed by atoms with Gasteiger partial charge in [-0.2, -0.15) is 0 Å². The summed E-state index contributed by atoms with van der Waals surface area (Å²) in [5, 5.41) is 22.7. The highest BCUT2D eigenvalue weighted by Gasteiger charge is 2.17. The molecule has 0 aliphatic carbocycles. The molecule has 0 saturated heterocycles. The molecule has 3 N–H and O–H groups in total. The van der Waals surface area contributed by atoms with E-state index in [-0.39, 0.29) is 12.5 Å². The number of rotatable bonds is 29. The molecule has 0 saturated carbocycles. The minimum absolute atomic E-state index is 0.0767. The Balaban J connectivity index is 3.66. The van der Waals surface area contributed by atoms with Crippen LogP contribution in [-0.2, 0) is 4.79 Å². The summed E-state index contributed by atoms with van der Waals surface area (Å²) in [5.41, 5.74) is 0. The monoisotopic (exact) mass is 547 g/mol. The minimum Gasteiger partial charge on any atom is -0.394 e. The lowest BCUT2D eigenvalue weighted by Gasteiger charge is -2.20. The van der Waals surface area contributed by atoms with Crippen molar-refractivity contribution in [2.24, 2.45) is 0 Å². The lowest BCUT2D eigenvalue weighted by atomic mass is 10.1. The van der Waals surface area contributed by atoms with E-state index >= 15 is 0 Å². The van der Waals surface area contributed by atoms with Crippen LogP contribution in [0.25, 0.3) is 0 Å². The third kappa shape index (κ3) is 28.0. The van der Waals surface area contributed by atoms with Gasteiger partial charge in [0.1, 0.15) is 0 Å². The Bertz CT molecular complexity index is 599. The van der Waals surface area contributed by atoms with Gasteiger partial charge in [0.15, 0.2) is 0 Å². The number of hydrogen-bond acceptors (Lipinski definition) is 3.